The Labute approximate surface area is 178 Å². The number of amides is 2. The maximum Gasteiger partial charge on any atom is 0.253 e. The number of halogens is 1. The minimum absolute atomic E-state index is 0.156. The maximum absolute atomic E-state index is 12.5. The third-order valence-electron chi connectivity index (χ3n) is 4.04. The molecular formula is C22H20ClN3O2S. The zero-order valence-electron chi connectivity index (χ0n) is 15.6. The number of hydrogen-bond donors (Lipinski definition) is 2. The van der Waals surface area contributed by atoms with Crippen LogP contribution in [0.5, 0.6) is 0 Å². The largest absolute Gasteiger partial charge is 0.348 e. The van der Waals surface area contributed by atoms with Crippen LogP contribution in [0.4, 0.5) is 5.69 Å². The first-order valence-electron chi connectivity index (χ1n) is 9.00. The summed E-state index contributed by atoms with van der Waals surface area (Å²) in [5.41, 5.74) is 2.92. The van der Waals surface area contributed by atoms with Crippen molar-refractivity contribution < 1.29 is 9.59 Å². The molecule has 0 radical (unpaired) electrons. The van der Waals surface area contributed by atoms with Gasteiger partial charge in [-0.2, -0.15) is 0 Å². The molecule has 3 aromatic rings. The van der Waals surface area contributed by atoms with Crippen molar-refractivity contribution in [1.29, 1.82) is 0 Å². The zero-order chi connectivity index (χ0) is 20.5. The van der Waals surface area contributed by atoms with Gasteiger partial charge in [-0.3, -0.25) is 14.6 Å². The van der Waals surface area contributed by atoms with E-state index in [2.05, 4.69) is 15.6 Å². The molecule has 148 valence electrons. The number of carbonyl (C=O) groups excluding carboxylic acids is 2. The van der Waals surface area contributed by atoms with Gasteiger partial charge in [-0.05, 0) is 41.5 Å². The Balaban J connectivity index is 1.53. The predicted molar refractivity (Wildman–Crippen MR) is 118 cm³/mol. The molecule has 0 aliphatic heterocycles. The molecule has 2 amide bonds. The van der Waals surface area contributed by atoms with Crippen molar-refractivity contribution in [2.24, 2.45) is 0 Å². The molecule has 2 N–H and O–H groups in total. The van der Waals surface area contributed by atoms with Crippen LogP contribution in [0.3, 0.4) is 0 Å². The van der Waals surface area contributed by atoms with Crippen molar-refractivity contribution in [3.05, 3.63) is 94.8 Å². The van der Waals surface area contributed by atoms with Crippen LogP contribution in [0.25, 0.3) is 0 Å². The highest BCUT2D eigenvalue weighted by Crippen LogP contribution is 2.18. The van der Waals surface area contributed by atoms with Crippen LogP contribution in [-0.4, -0.2) is 22.6 Å². The molecule has 29 heavy (non-hydrogen) atoms. The van der Waals surface area contributed by atoms with Crippen molar-refractivity contribution in [3.8, 4) is 0 Å². The quantitative estimate of drug-likeness (QED) is 0.556. The molecule has 0 aliphatic rings. The number of para-hydroxylation sites is 1. The molecule has 0 bridgehead atoms. The Morgan fingerprint density at radius 2 is 1.76 bits per heavy atom. The van der Waals surface area contributed by atoms with Gasteiger partial charge in [0.25, 0.3) is 5.91 Å². The second-order valence-electron chi connectivity index (χ2n) is 6.26. The Hall–Kier alpha value is -2.83. The van der Waals surface area contributed by atoms with Crippen LogP contribution in [0.15, 0.2) is 73.1 Å². The van der Waals surface area contributed by atoms with Crippen LogP contribution < -0.4 is 10.6 Å². The molecule has 0 aliphatic carbocycles. The average Bonchev–Trinajstić information content (AvgIpc) is 2.74. The highest BCUT2D eigenvalue weighted by Gasteiger charge is 2.13. The smallest absolute Gasteiger partial charge is 0.253 e. The lowest BCUT2D eigenvalue weighted by Crippen LogP contribution is -2.25. The topological polar surface area (TPSA) is 71.1 Å². The van der Waals surface area contributed by atoms with E-state index in [-0.39, 0.29) is 17.6 Å². The van der Waals surface area contributed by atoms with Crippen LogP contribution in [0.1, 0.15) is 21.5 Å². The SMILES string of the molecule is O=C(CSCc1ccc(Cl)cc1)Nc1ccccc1C(=O)NCc1cccnc1. The molecule has 1 heterocycles. The van der Waals surface area contributed by atoms with Gasteiger partial charge in [0.15, 0.2) is 0 Å². The van der Waals surface area contributed by atoms with Gasteiger partial charge >= 0.3 is 0 Å². The first-order chi connectivity index (χ1) is 14.1. The van der Waals surface area contributed by atoms with Crippen molar-refractivity contribution in [2.75, 3.05) is 11.1 Å². The number of pyridine rings is 1. The molecule has 5 nitrogen and oxygen atoms in total. The standard InChI is InChI=1S/C22H20ClN3O2S/c23-18-9-7-16(8-10-18)14-29-15-21(27)26-20-6-2-1-5-19(20)22(28)25-13-17-4-3-11-24-12-17/h1-12H,13-15H2,(H,25,28)(H,26,27). The van der Waals surface area contributed by atoms with E-state index in [0.717, 1.165) is 11.1 Å². The number of aromatic nitrogens is 1. The lowest BCUT2D eigenvalue weighted by molar-refractivity contribution is -0.113. The Morgan fingerprint density at radius 1 is 0.966 bits per heavy atom. The Kier molecular flexibility index (Phi) is 7.67. The summed E-state index contributed by atoms with van der Waals surface area (Å²) in [6.45, 7) is 0.367. The minimum atomic E-state index is -0.251. The van der Waals surface area contributed by atoms with Gasteiger partial charge in [0, 0.05) is 29.7 Å². The lowest BCUT2D eigenvalue weighted by Gasteiger charge is -2.11. The van der Waals surface area contributed by atoms with Crippen molar-refractivity contribution in [2.45, 2.75) is 12.3 Å². The number of nitrogens with one attached hydrogen (secondary N) is 2. The van der Waals surface area contributed by atoms with Crippen LogP contribution >= 0.6 is 23.4 Å². The second kappa shape index (κ2) is 10.6. The molecule has 3 rings (SSSR count). The number of rotatable bonds is 8. The number of nitrogens with zero attached hydrogens (tertiary/aromatic N) is 1. The normalized spacial score (nSPS) is 10.4. The molecular weight excluding hydrogens is 406 g/mol. The lowest BCUT2D eigenvalue weighted by atomic mass is 10.1. The molecule has 2 aromatic carbocycles. The highest BCUT2D eigenvalue weighted by atomic mass is 35.5. The van der Waals surface area contributed by atoms with Gasteiger partial charge in [0.05, 0.1) is 17.0 Å². The maximum atomic E-state index is 12.5. The van der Waals surface area contributed by atoms with Crippen molar-refractivity contribution >= 4 is 40.9 Å². The summed E-state index contributed by atoms with van der Waals surface area (Å²) >= 11 is 7.38. The molecule has 0 unspecified atom stereocenters. The van der Waals surface area contributed by atoms with E-state index < -0.39 is 0 Å². The van der Waals surface area contributed by atoms with Crippen molar-refractivity contribution in [3.63, 3.8) is 0 Å². The summed E-state index contributed by atoms with van der Waals surface area (Å²) in [6.07, 6.45) is 3.38. The van der Waals surface area contributed by atoms with Crippen molar-refractivity contribution in [1.82, 2.24) is 10.3 Å². The van der Waals surface area contributed by atoms with Crippen LogP contribution in [0.2, 0.25) is 5.02 Å². The van der Waals surface area contributed by atoms with Gasteiger partial charge in [-0.15, -0.1) is 11.8 Å². The van der Waals surface area contributed by atoms with Crippen LogP contribution in [-0.2, 0) is 17.1 Å². The first-order valence-corrected chi connectivity index (χ1v) is 10.5. The molecule has 0 saturated heterocycles. The molecule has 1 aromatic heterocycles. The molecule has 0 spiro atoms. The molecule has 7 heteroatoms. The number of benzene rings is 2. The number of anilines is 1. The molecule has 0 atom stereocenters. The molecule has 0 fully saturated rings. The highest BCUT2D eigenvalue weighted by molar-refractivity contribution is 7.99. The minimum Gasteiger partial charge on any atom is -0.348 e. The third-order valence-corrected chi connectivity index (χ3v) is 5.29. The van der Waals surface area contributed by atoms with E-state index >= 15 is 0 Å². The van der Waals surface area contributed by atoms with Gasteiger partial charge in [0.2, 0.25) is 5.91 Å². The molecule has 0 saturated carbocycles. The summed E-state index contributed by atoms with van der Waals surface area (Å²) in [6, 6.07) is 18.2. The van der Waals surface area contributed by atoms with Gasteiger partial charge in [-0.1, -0.05) is 41.9 Å². The predicted octanol–water partition coefficient (Wildman–Crippen LogP) is 4.54. The van der Waals surface area contributed by atoms with Crippen LogP contribution in [0, 0.1) is 0 Å². The van der Waals surface area contributed by atoms with E-state index in [1.54, 1.807) is 36.7 Å². The first kappa shape index (κ1) is 20.9. The van der Waals surface area contributed by atoms with E-state index in [4.69, 9.17) is 11.6 Å². The monoisotopic (exact) mass is 425 g/mol. The van der Waals surface area contributed by atoms with Gasteiger partial charge in [-0.25, -0.2) is 0 Å². The summed E-state index contributed by atoms with van der Waals surface area (Å²) in [4.78, 5) is 28.9. The fourth-order valence-electron chi connectivity index (χ4n) is 2.60. The fourth-order valence-corrected chi connectivity index (χ4v) is 3.51. The third kappa shape index (κ3) is 6.62. The Bertz CT molecular complexity index is 965. The zero-order valence-corrected chi connectivity index (χ0v) is 17.2. The summed E-state index contributed by atoms with van der Waals surface area (Å²) in [7, 11) is 0. The Morgan fingerprint density at radius 3 is 2.52 bits per heavy atom. The van der Waals surface area contributed by atoms with Gasteiger partial charge in [0.1, 0.15) is 0 Å². The number of thioether (sulfide) groups is 1. The van der Waals surface area contributed by atoms with Gasteiger partial charge < -0.3 is 10.6 Å². The fraction of sp³-hybridized carbons (Fsp3) is 0.136. The summed E-state index contributed by atoms with van der Waals surface area (Å²) < 4.78 is 0. The van der Waals surface area contributed by atoms with E-state index in [9.17, 15) is 9.59 Å². The number of hydrogen-bond acceptors (Lipinski definition) is 4. The van der Waals surface area contributed by atoms with E-state index in [1.165, 1.54) is 11.8 Å². The van der Waals surface area contributed by atoms with E-state index in [0.29, 0.717) is 28.6 Å². The summed E-state index contributed by atoms with van der Waals surface area (Å²) in [5, 5.41) is 6.37. The summed E-state index contributed by atoms with van der Waals surface area (Å²) in [5.74, 6) is 0.585. The second-order valence-corrected chi connectivity index (χ2v) is 7.68. The average molecular weight is 426 g/mol. The number of carbonyl (C=O) groups is 2. The van der Waals surface area contributed by atoms with E-state index in [1.807, 2.05) is 36.4 Å².